The summed E-state index contributed by atoms with van der Waals surface area (Å²) in [7, 11) is 0. The summed E-state index contributed by atoms with van der Waals surface area (Å²) in [6, 6.07) is 17.5. The first-order valence-corrected chi connectivity index (χ1v) is 6.11. The van der Waals surface area contributed by atoms with Gasteiger partial charge in [0.2, 0.25) is 5.76 Å². The molecule has 0 amide bonds. The first-order valence-electron chi connectivity index (χ1n) is 6.11. The van der Waals surface area contributed by atoms with Crippen LogP contribution in [0, 0.1) is 17.7 Å². The van der Waals surface area contributed by atoms with Gasteiger partial charge in [0.25, 0.3) is 0 Å². The third kappa shape index (κ3) is 2.76. The minimum Gasteiger partial charge on any atom is -0.347 e. The van der Waals surface area contributed by atoms with Crippen LogP contribution in [0.15, 0.2) is 65.2 Å². The number of hydrogen-bond acceptors (Lipinski definition) is 2. The van der Waals surface area contributed by atoms with E-state index in [1.165, 1.54) is 12.1 Å². The topological polar surface area (TPSA) is 26.0 Å². The van der Waals surface area contributed by atoms with Gasteiger partial charge in [-0.15, -0.1) is 0 Å². The molecule has 0 radical (unpaired) electrons. The van der Waals surface area contributed by atoms with E-state index in [1.807, 2.05) is 30.3 Å². The zero-order valence-electron chi connectivity index (χ0n) is 10.5. The molecule has 0 aliphatic rings. The second-order valence-electron chi connectivity index (χ2n) is 4.20. The molecule has 0 atom stereocenters. The second-order valence-corrected chi connectivity index (χ2v) is 4.20. The number of halogens is 1. The minimum absolute atomic E-state index is 0.277. The number of aromatic nitrogens is 1. The van der Waals surface area contributed by atoms with Crippen LogP contribution in [0.2, 0.25) is 0 Å². The van der Waals surface area contributed by atoms with Crippen molar-refractivity contribution in [1.29, 1.82) is 0 Å². The fourth-order valence-electron chi connectivity index (χ4n) is 1.75. The highest BCUT2D eigenvalue weighted by atomic mass is 19.1. The van der Waals surface area contributed by atoms with Gasteiger partial charge in [0.15, 0.2) is 0 Å². The molecule has 96 valence electrons. The zero-order valence-corrected chi connectivity index (χ0v) is 10.5. The van der Waals surface area contributed by atoms with Crippen LogP contribution in [0.4, 0.5) is 4.39 Å². The normalized spacial score (nSPS) is 9.85. The van der Waals surface area contributed by atoms with Crippen LogP contribution >= 0.6 is 0 Å². The SMILES string of the molecule is Fc1ccc(-c2cc(C#Cc3ccccc3)on2)cc1. The summed E-state index contributed by atoms with van der Waals surface area (Å²) in [5.74, 6) is 6.10. The Balaban J connectivity index is 1.84. The lowest BCUT2D eigenvalue weighted by Crippen LogP contribution is -1.77. The van der Waals surface area contributed by atoms with E-state index in [9.17, 15) is 4.39 Å². The second kappa shape index (κ2) is 5.41. The smallest absolute Gasteiger partial charge is 0.210 e. The Morgan fingerprint density at radius 3 is 2.40 bits per heavy atom. The van der Waals surface area contributed by atoms with Crippen LogP contribution in [-0.2, 0) is 0 Å². The van der Waals surface area contributed by atoms with Crippen molar-refractivity contribution in [1.82, 2.24) is 5.16 Å². The Bertz CT molecular complexity index is 764. The first kappa shape index (κ1) is 12.2. The molecule has 3 heteroatoms. The van der Waals surface area contributed by atoms with Gasteiger partial charge in [0, 0.05) is 17.2 Å². The van der Waals surface area contributed by atoms with E-state index >= 15 is 0 Å². The predicted octanol–water partition coefficient (Wildman–Crippen LogP) is 3.88. The van der Waals surface area contributed by atoms with Gasteiger partial charge in [-0.05, 0) is 42.3 Å². The van der Waals surface area contributed by atoms with E-state index in [0.29, 0.717) is 11.5 Å². The monoisotopic (exact) mass is 263 g/mol. The summed E-state index contributed by atoms with van der Waals surface area (Å²) in [6.45, 7) is 0. The Morgan fingerprint density at radius 1 is 0.900 bits per heavy atom. The first-order chi connectivity index (χ1) is 9.81. The molecule has 3 rings (SSSR count). The summed E-state index contributed by atoms with van der Waals surface area (Å²) in [4.78, 5) is 0. The third-order valence-electron chi connectivity index (χ3n) is 2.75. The van der Waals surface area contributed by atoms with Crippen molar-refractivity contribution in [2.45, 2.75) is 0 Å². The van der Waals surface area contributed by atoms with Crippen molar-refractivity contribution >= 4 is 0 Å². The Labute approximate surface area is 115 Å². The van der Waals surface area contributed by atoms with Crippen LogP contribution in [0.1, 0.15) is 11.3 Å². The van der Waals surface area contributed by atoms with E-state index in [1.54, 1.807) is 18.2 Å². The standard InChI is InChI=1S/C17H10FNO/c18-15-9-7-14(8-10-15)17-12-16(20-19-17)11-6-13-4-2-1-3-5-13/h1-5,7-10,12H. The Morgan fingerprint density at radius 2 is 1.65 bits per heavy atom. The lowest BCUT2D eigenvalue weighted by Gasteiger charge is -1.93. The summed E-state index contributed by atoms with van der Waals surface area (Å²) >= 11 is 0. The third-order valence-corrected chi connectivity index (χ3v) is 2.75. The Kier molecular flexibility index (Phi) is 3.30. The van der Waals surface area contributed by atoms with E-state index in [0.717, 1.165) is 11.1 Å². The van der Waals surface area contributed by atoms with Gasteiger partial charge < -0.3 is 4.52 Å². The van der Waals surface area contributed by atoms with E-state index in [-0.39, 0.29) is 5.82 Å². The maximum absolute atomic E-state index is 12.8. The molecule has 0 aliphatic carbocycles. The van der Waals surface area contributed by atoms with Crippen LogP contribution in [0.25, 0.3) is 11.3 Å². The number of rotatable bonds is 1. The number of hydrogen-bond donors (Lipinski definition) is 0. The molecule has 2 nitrogen and oxygen atoms in total. The zero-order chi connectivity index (χ0) is 13.8. The van der Waals surface area contributed by atoms with Crippen LogP contribution in [-0.4, -0.2) is 5.16 Å². The van der Waals surface area contributed by atoms with Gasteiger partial charge in [0.05, 0.1) is 0 Å². The maximum Gasteiger partial charge on any atom is 0.210 e. The van der Waals surface area contributed by atoms with Crippen molar-refractivity contribution in [2.24, 2.45) is 0 Å². The van der Waals surface area contributed by atoms with Crippen LogP contribution in [0.3, 0.4) is 0 Å². The molecule has 0 unspecified atom stereocenters. The molecular formula is C17H10FNO. The summed E-state index contributed by atoms with van der Waals surface area (Å²) in [5.41, 5.74) is 2.34. The van der Waals surface area contributed by atoms with Crippen molar-refractivity contribution in [3.8, 4) is 23.1 Å². The lowest BCUT2D eigenvalue weighted by molar-refractivity contribution is 0.413. The predicted molar refractivity (Wildman–Crippen MR) is 74.3 cm³/mol. The molecule has 0 aliphatic heterocycles. The minimum atomic E-state index is -0.277. The molecule has 0 bridgehead atoms. The fourth-order valence-corrected chi connectivity index (χ4v) is 1.75. The summed E-state index contributed by atoms with van der Waals surface area (Å²) < 4.78 is 18.0. The van der Waals surface area contributed by atoms with Gasteiger partial charge in [-0.2, -0.15) is 0 Å². The molecule has 0 fully saturated rings. The van der Waals surface area contributed by atoms with Crippen molar-refractivity contribution in [3.05, 3.63) is 77.8 Å². The van der Waals surface area contributed by atoms with E-state index < -0.39 is 0 Å². The Hall–Kier alpha value is -2.86. The van der Waals surface area contributed by atoms with Crippen molar-refractivity contribution in [2.75, 3.05) is 0 Å². The molecule has 1 heterocycles. The van der Waals surface area contributed by atoms with Crippen molar-refractivity contribution in [3.63, 3.8) is 0 Å². The molecule has 0 saturated heterocycles. The van der Waals surface area contributed by atoms with E-state index in [4.69, 9.17) is 4.52 Å². The highest BCUT2D eigenvalue weighted by molar-refractivity contribution is 5.59. The number of benzene rings is 2. The molecule has 0 spiro atoms. The van der Waals surface area contributed by atoms with E-state index in [2.05, 4.69) is 17.0 Å². The highest BCUT2D eigenvalue weighted by Gasteiger charge is 2.04. The summed E-state index contributed by atoms with van der Waals surface area (Å²) in [5, 5.41) is 3.93. The average molecular weight is 263 g/mol. The van der Waals surface area contributed by atoms with Gasteiger partial charge >= 0.3 is 0 Å². The van der Waals surface area contributed by atoms with Gasteiger partial charge in [-0.25, -0.2) is 4.39 Å². The maximum atomic E-state index is 12.8. The molecule has 1 aromatic heterocycles. The van der Waals surface area contributed by atoms with Gasteiger partial charge in [0.1, 0.15) is 11.5 Å². The highest BCUT2D eigenvalue weighted by Crippen LogP contribution is 2.19. The quantitative estimate of drug-likeness (QED) is 0.623. The van der Waals surface area contributed by atoms with Gasteiger partial charge in [-0.1, -0.05) is 29.3 Å². The molecule has 0 saturated carbocycles. The molecule has 3 aromatic rings. The molecule has 20 heavy (non-hydrogen) atoms. The van der Waals surface area contributed by atoms with Gasteiger partial charge in [-0.3, -0.25) is 0 Å². The lowest BCUT2D eigenvalue weighted by atomic mass is 10.1. The average Bonchev–Trinajstić information content (AvgIpc) is 2.96. The largest absolute Gasteiger partial charge is 0.347 e. The summed E-state index contributed by atoms with van der Waals surface area (Å²) in [6.07, 6.45) is 0. The van der Waals surface area contributed by atoms with Crippen LogP contribution < -0.4 is 0 Å². The molecular weight excluding hydrogens is 253 g/mol. The molecule has 0 N–H and O–H groups in total. The van der Waals surface area contributed by atoms with Crippen molar-refractivity contribution < 1.29 is 8.91 Å². The fraction of sp³-hybridized carbons (Fsp3) is 0. The number of nitrogens with zero attached hydrogens (tertiary/aromatic N) is 1. The molecule has 2 aromatic carbocycles. The van der Waals surface area contributed by atoms with Crippen LogP contribution in [0.5, 0.6) is 0 Å².